The molecule has 4 heteroatoms. The number of benzene rings is 1. The van der Waals surface area contributed by atoms with E-state index in [1.54, 1.807) is 12.1 Å². The molecule has 1 heterocycles. The van der Waals surface area contributed by atoms with Crippen molar-refractivity contribution in [3.05, 3.63) is 46.2 Å². The van der Waals surface area contributed by atoms with Crippen molar-refractivity contribution in [3.63, 3.8) is 0 Å². The fourth-order valence-electron chi connectivity index (χ4n) is 1.72. The molecule has 0 atom stereocenters. The minimum Gasteiger partial charge on any atom is -0.480 e. The van der Waals surface area contributed by atoms with Crippen LogP contribution in [0.4, 0.5) is 0 Å². The molecule has 0 radical (unpaired) electrons. The van der Waals surface area contributed by atoms with E-state index < -0.39 is 5.97 Å². The highest BCUT2D eigenvalue weighted by atomic mass is 16.4. The number of nitrogens with zero attached hydrogens (tertiary/aromatic N) is 1. The molecule has 0 aliphatic carbocycles. The zero-order chi connectivity index (χ0) is 11.7. The van der Waals surface area contributed by atoms with Gasteiger partial charge in [0.25, 0.3) is 5.56 Å². The fraction of sp³-hybridized carbons (Fsp3) is 0.167. The summed E-state index contributed by atoms with van der Waals surface area (Å²) in [5.41, 5.74) is 1.44. The quantitative estimate of drug-likeness (QED) is 0.827. The van der Waals surface area contributed by atoms with Gasteiger partial charge in [-0.15, -0.1) is 0 Å². The fourth-order valence-corrected chi connectivity index (χ4v) is 1.72. The monoisotopic (exact) mass is 217 g/mol. The molecular weight excluding hydrogens is 206 g/mol. The van der Waals surface area contributed by atoms with Gasteiger partial charge in [-0.3, -0.25) is 14.2 Å². The number of hydrogen-bond donors (Lipinski definition) is 1. The number of pyridine rings is 1. The third kappa shape index (κ3) is 1.82. The first-order valence-electron chi connectivity index (χ1n) is 4.90. The summed E-state index contributed by atoms with van der Waals surface area (Å²) in [7, 11) is 0. The van der Waals surface area contributed by atoms with Crippen LogP contribution in [0.2, 0.25) is 0 Å². The predicted octanol–water partition coefficient (Wildman–Crippen LogP) is 1.39. The Morgan fingerprint density at radius 1 is 1.31 bits per heavy atom. The number of rotatable bonds is 2. The molecule has 16 heavy (non-hydrogen) atoms. The summed E-state index contributed by atoms with van der Waals surface area (Å²) in [5, 5.41) is 9.62. The van der Waals surface area contributed by atoms with Crippen molar-refractivity contribution in [3.8, 4) is 0 Å². The van der Waals surface area contributed by atoms with Gasteiger partial charge in [0.2, 0.25) is 0 Å². The van der Waals surface area contributed by atoms with Crippen LogP contribution in [0, 0.1) is 6.92 Å². The van der Waals surface area contributed by atoms with Crippen LogP contribution in [0.3, 0.4) is 0 Å². The third-order valence-electron chi connectivity index (χ3n) is 2.44. The van der Waals surface area contributed by atoms with Crippen LogP contribution in [-0.4, -0.2) is 15.6 Å². The van der Waals surface area contributed by atoms with Crippen molar-refractivity contribution in [2.24, 2.45) is 0 Å². The summed E-state index contributed by atoms with van der Waals surface area (Å²) in [6.07, 6.45) is 0. The number of aromatic nitrogens is 1. The van der Waals surface area contributed by atoms with Gasteiger partial charge in [0.05, 0.1) is 5.52 Å². The first-order valence-corrected chi connectivity index (χ1v) is 4.90. The normalized spacial score (nSPS) is 10.6. The van der Waals surface area contributed by atoms with Crippen LogP contribution >= 0.6 is 0 Å². The molecule has 0 aliphatic heterocycles. The SMILES string of the molecule is Cc1ccc2c(ccc(=O)n2CC(=O)O)c1. The molecule has 0 aliphatic rings. The van der Waals surface area contributed by atoms with Gasteiger partial charge in [0.1, 0.15) is 6.54 Å². The molecule has 0 amide bonds. The number of carboxylic acids is 1. The molecule has 0 fully saturated rings. The molecule has 1 aromatic heterocycles. The van der Waals surface area contributed by atoms with Crippen molar-refractivity contribution in [1.82, 2.24) is 4.57 Å². The standard InChI is InChI=1S/C12H11NO3/c1-8-2-4-10-9(6-8)3-5-11(14)13(10)7-12(15)16/h2-6H,7H2,1H3,(H,15,16). The lowest BCUT2D eigenvalue weighted by Crippen LogP contribution is -2.23. The summed E-state index contributed by atoms with van der Waals surface area (Å²) in [4.78, 5) is 22.2. The molecule has 2 aromatic rings. The summed E-state index contributed by atoms with van der Waals surface area (Å²) in [5.74, 6) is -1.02. The largest absolute Gasteiger partial charge is 0.480 e. The number of carboxylic acid groups (broad SMARTS) is 1. The highest BCUT2D eigenvalue weighted by Gasteiger charge is 2.06. The number of fused-ring (bicyclic) bond motifs is 1. The molecule has 0 saturated heterocycles. The Bertz CT molecular complexity index is 613. The maximum Gasteiger partial charge on any atom is 0.323 e. The highest BCUT2D eigenvalue weighted by Crippen LogP contribution is 2.13. The van der Waals surface area contributed by atoms with E-state index in [2.05, 4.69) is 0 Å². The molecule has 1 N–H and O–H groups in total. The van der Waals surface area contributed by atoms with E-state index in [0.29, 0.717) is 5.52 Å². The number of hydrogen-bond acceptors (Lipinski definition) is 2. The zero-order valence-electron chi connectivity index (χ0n) is 8.80. The molecule has 0 unspecified atom stereocenters. The van der Waals surface area contributed by atoms with Crippen LogP contribution in [0.1, 0.15) is 5.56 Å². The van der Waals surface area contributed by atoms with Gasteiger partial charge in [-0.1, -0.05) is 11.6 Å². The van der Waals surface area contributed by atoms with Crippen LogP contribution in [0.5, 0.6) is 0 Å². The van der Waals surface area contributed by atoms with E-state index in [4.69, 9.17) is 5.11 Å². The Labute approximate surface area is 91.8 Å². The minimum absolute atomic E-state index is 0.293. The minimum atomic E-state index is -1.02. The Kier molecular flexibility index (Phi) is 2.48. The zero-order valence-corrected chi connectivity index (χ0v) is 8.80. The van der Waals surface area contributed by atoms with E-state index in [9.17, 15) is 9.59 Å². The molecule has 82 valence electrons. The number of aliphatic carboxylic acids is 1. The molecule has 1 aromatic carbocycles. The molecule has 0 spiro atoms. The van der Waals surface area contributed by atoms with Gasteiger partial charge in [-0.05, 0) is 30.5 Å². The molecular formula is C12H11NO3. The smallest absolute Gasteiger partial charge is 0.323 e. The van der Waals surface area contributed by atoms with E-state index in [-0.39, 0.29) is 12.1 Å². The van der Waals surface area contributed by atoms with Crippen molar-refractivity contribution < 1.29 is 9.90 Å². The van der Waals surface area contributed by atoms with Crippen LogP contribution in [-0.2, 0) is 11.3 Å². The predicted molar refractivity (Wildman–Crippen MR) is 60.6 cm³/mol. The van der Waals surface area contributed by atoms with Gasteiger partial charge in [-0.2, -0.15) is 0 Å². The second-order valence-corrected chi connectivity index (χ2v) is 3.71. The Hall–Kier alpha value is -2.10. The maximum atomic E-state index is 11.6. The van der Waals surface area contributed by atoms with Gasteiger partial charge in [0, 0.05) is 6.07 Å². The second-order valence-electron chi connectivity index (χ2n) is 3.71. The van der Waals surface area contributed by atoms with Crippen molar-refractivity contribution in [2.45, 2.75) is 13.5 Å². The lowest BCUT2D eigenvalue weighted by atomic mass is 10.1. The van der Waals surface area contributed by atoms with Crippen LogP contribution < -0.4 is 5.56 Å². The Balaban J connectivity index is 2.74. The van der Waals surface area contributed by atoms with Gasteiger partial charge in [-0.25, -0.2) is 0 Å². The first-order chi connectivity index (χ1) is 7.58. The van der Waals surface area contributed by atoms with Crippen LogP contribution in [0.15, 0.2) is 35.1 Å². The average Bonchev–Trinajstić information content (AvgIpc) is 2.22. The lowest BCUT2D eigenvalue weighted by Gasteiger charge is -2.07. The average molecular weight is 217 g/mol. The maximum absolute atomic E-state index is 11.6. The van der Waals surface area contributed by atoms with E-state index >= 15 is 0 Å². The number of aryl methyl sites for hydroxylation is 1. The van der Waals surface area contributed by atoms with Crippen molar-refractivity contribution in [1.29, 1.82) is 0 Å². The van der Waals surface area contributed by atoms with Gasteiger partial charge < -0.3 is 5.11 Å². The second kappa shape index (κ2) is 3.81. The Morgan fingerprint density at radius 3 is 2.75 bits per heavy atom. The van der Waals surface area contributed by atoms with Crippen molar-refractivity contribution in [2.75, 3.05) is 0 Å². The summed E-state index contributed by atoms with van der Waals surface area (Å²) in [6, 6.07) is 8.66. The summed E-state index contributed by atoms with van der Waals surface area (Å²) < 4.78 is 1.26. The Morgan fingerprint density at radius 2 is 2.06 bits per heavy atom. The molecule has 2 rings (SSSR count). The molecule has 0 bridgehead atoms. The lowest BCUT2D eigenvalue weighted by molar-refractivity contribution is -0.137. The molecule has 0 saturated carbocycles. The van der Waals surface area contributed by atoms with Crippen molar-refractivity contribution >= 4 is 16.9 Å². The first kappa shape index (κ1) is 10.4. The molecule has 4 nitrogen and oxygen atoms in total. The van der Waals surface area contributed by atoms with Gasteiger partial charge in [0.15, 0.2) is 0 Å². The van der Waals surface area contributed by atoms with Gasteiger partial charge >= 0.3 is 5.97 Å². The van der Waals surface area contributed by atoms with Crippen LogP contribution in [0.25, 0.3) is 10.9 Å². The summed E-state index contributed by atoms with van der Waals surface area (Å²) >= 11 is 0. The summed E-state index contributed by atoms with van der Waals surface area (Å²) in [6.45, 7) is 1.64. The highest BCUT2D eigenvalue weighted by molar-refractivity contribution is 5.81. The third-order valence-corrected chi connectivity index (χ3v) is 2.44. The topological polar surface area (TPSA) is 59.3 Å². The van der Waals surface area contributed by atoms with E-state index in [1.807, 2.05) is 19.1 Å². The van der Waals surface area contributed by atoms with E-state index in [1.165, 1.54) is 10.6 Å². The van der Waals surface area contributed by atoms with E-state index in [0.717, 1.165) is 10.9 Å². The number of carbonyl (C=O) groups is 1.